The summed E-state index contributed by atoms with van der Waals surface area (Å²) in [4.78, 5) is -0.507. The molecule has 2 rings (SSSR count). The zero-order valence-electron chi connectivity index (χ0n) is 12.3. The Morgan fingerprint density at radius 1 is 1.33 bits per heavy atom. The Hall–Kier alpha value is -1.05. The molecular weight excluding hydrogens is 298 g/mol. The van der Waals surface area contributed by atoms with Crippen molar-refractivity contribution in [2.45, 2.75) is 31.7 Å². The highest BCUT2D eigenvalue weighted by Gasteiger charge is 2.45. The molecule has 1 aromatic carbocycles. The maximum absolute atomic E-state index is 14.2. The Kier molecular flexibility index (Phi) is 4.37. The number of hydrogen-bond donors (Lipinski definition) is 2. The molecule has 0 aromatic heterocycles. The minimum atomic E-state index is -3.97. The highest BCUT2D eigenvalue weighted by molar-refractivity contribution is 7.89. The summed E-state index contributed by atoms with van der Waals surface area (Å²) in [5, 5.41) is 2.62. The van der Waals surface area contributed by atoms with Gasteiger partial charge in [-0.1, -0.05) is 13.8 Å². The lowest BCUT2D eigenvalue weighted by Gasteiger charge is -2.11. The van der Waals surface area contributed by atoms with Gasteiger partial charge in [0.25, 0.3) is 0 Å². The van der Waals surface area contributed by atoms with Gasteiger partial charge in [-0.2, -0.15) is 0 Å². The second kappa shape index (κ2) is 5.62. The molecule has 0 aliphatic heterocycles. The third-order valence-corrected chi connectivity index (χ3v) is 5.47. The summed E-state index contributed by atoms with van der Waals surface area (Å²) in [5.41, 5.74) is -0.145. The average molecular weight is 318 g/mol. The van der Waals surface area contributed by atoms with Crippen molar-refractivity contribution in [2.75, 3.05) is 13.6 Å². The molecule has 118 valence electrons. The first kappa shape index (κ1) is 16.3. The van der Waals surface area contributed by atoms with Gasteiger partial charge in [0.15, 0.2) is 5.82 Å². The Labute approximate surface area is 124 Å². The number of rotatable bonds is 6. The fourth-order valence-corrected chi connectivity index (χ4v) is 3.52. The summed E-state index contributed by atoms with van der Waals surface area (Å²) >= 11 is 0. The van der Waals surface area contributed by atoms with Crippen LogP contribution in [0.1, 0.15) is 25.8 Å². The van der Waals surface area contributed by atoms with E-state index < -0.39 is 26.6 Å². The van der Waals surface area contributed by atoms with Crippen LogP contribution in [0.15, 0.2) is 17.0 Å². The smallest absolute Gasteiger partial charge is 0.243 e. The van der Waals surface area contributed by atoms with Crippen molar-refractivity contribution in [3.63, 3.8) is 0 Å². The molecule has 1 saturated carbocycles. The van der Waals surface area contributed by atoms with Gasteiger partial charge in [-0.3, -0.25) is 0 Å². The lowest BCUT2D eigenvalue weighted by atomic mass is 10.1. The number of halogens is 2. The summed E-state index contributed by atoms with van der Waals surface area (Å²) in [6, 6.07) is 1.94. The van der Waals surface area contributed by atoms with Crippen molar-refractivity contribution < 1.29 is 17.2 Å². The molecule has 7 heteroatoms. The van der Waals surface area contributed by atoms with Crippen LogP contribution in [0, 0.1) is 23.0 Å². The van der Waals surface area contributed by atoms with Crippen LogP contribution in [0.4, 0.5) is 8.78 Å². The van der Waals surface area contributed by atoms with Crippen LogP contribution < -0.4 is 10.0 Å². The van der Waals surface area contributed by atoms with Gasteiger partial charge in [-0.15, -0.1) is 0 Å². The van der Waals surface area contributed by atoms with Crippen molar-refractivity contribution in [1.82, 2.24) is 10.0 Å². The van der Waals surface area contributed by atoms with E-state index in [-0.39, 0.29) is 30.0 Å². The lowest BCUT2D eigenvalue weighted by molar-refractivity contribution is 0.512. The molecule has 1 fully saturated rings. The molecule has 0 radical (unpaired) electrons. The van der Waals surface area contributed by atoms with Crippen LogP contribution in [0.2, 0.25) is 0 Å². The Morgan fingerprint density at radius 2 is 1.95 bits per heavy atom. The zero-order valence-corrected chi connectivity index (χ0v) is 13.2. The normalized spacial score (nSPS) is 20.5. The van der Waals surface area contributed by atoms with Gasteiger partial charge >= 0.3 is 0 Å². The molecule has 1 aliphatic carbocycles. The topological polar surface area (TPSA) is 58.2 Å². The first-order valence-electron chi connectivity index (χ1n) is 6.80. The second-order valence-electron chi connectivity index (χ2n) is 6.11. The van der Waals surface area contributed by atoms with Gasteiger partial charge in [0.05, 0.1) is 0 Å². The molecular formula is C14H20F2N2O2S. The molecule has 1 unspecified atom stereocenters. The third-order valence-electron chi connectivity index (χ3n) is 4.03. The summed E-state index contributed by atoms with van der Waals surface area (Å²) in [6.07, 6.45) is 0.937. The summed E-state index contributed by atoms with van der Waals surface area (Å²) in [5.74, 6) is -1.54. The van der Waals surface area contributed by atoms with E-state index in [1.54, 1.807) is 0 Å². The minimum Gasteiger partial charge on any atom is -0.315 e. The predicted molar refractivity (Wildman–Crippen MR) is 76.2 cm³/mol. The van der Waals surface area contributed by atoms with E-state index in [0.29, 0.717) is 0 Å². The highest BCUT2D eigenvalue weighted by atomic mass is 32.2. The summed E-state index contributed by atoms with van der Waals surface area (Å²) in [7, 11) is -2.44. The van der Waals surface area contributed by atoms with Crippen LogP contribution in [-0.2, 0) is 16.6 Å². The molecule has 1 aromatic rings. The van der Waals surface area contributed by atoms with Crippen LogP contribution >= 0.6 is 0 Å². The van der Waals surface area contributed by atoms with E-state index in [2.05, 4.69) is 23.9 Å². The summed E-state index contributed by atoms with van der Waals surface area (Å²) < 4.78 is 54.5. The van der Waals surface area contributed by atoms with E-state index >= 15 is 0 Å². The standard InChI is InChI=1S/C14H20F2N2O2S/c1-14(2)6-9(14)7-18-21(19,20)12-5-4-11(15)10(8-17-3)13(12)16/h4-5,9,17-18H,6-8H2,1-3H3. The molecule has 2 N–H and O–H groups in total. The maximum Gasteiger partial charge on any atom is 0.243 e. The van der Waals surface area contributed by atoms with Crippen molar-refractivity contribution in [3.05, 3.63) is 29.3 Å². The number of benzene rings is 1. The van der Waals surface area contributed by atoms with Crippen molar-refractivity contribution in [1.29, 1.82) is 0 Å². The first-order chi connectivity index (χ1) is 9.69. The molecule has 0 saturated heterocycles. The Bertz CT molecular complexity index is 645. The molecule has 1 atom stereocenters. The zero-order chi connectivity index (χ0) is 15.8. The van der Waals surface area contributed by atoms with Gasteiger partial charge in [0, 0.05) is 18.7 Å². The quantitative estimate of drug-likeness (QED) is 0.843. The van der Waals surface area contributed by atoms with Crippen molar-refractivity contribution in [3.8, 4) is 0 Å². The van der Waals surface area contributed by atoms with Gasteiger partial charge in [-0.05, 0) is 36.9 Å². The molecule has 0 amide bonds. The van der Waals surface area contributed by atoms with Crippen molar-refractivity contribution >= 4 is 10.0 Å². The SMILES string of the molecule is CNCc1c(F)ccc(S(=O)(=O)NCC2CC2(C)C)c1F. The Balaban J connectivity index is 2.22. The largest absolute Gasteiger partial charge is 0.315 e. The van der Waals surface area contributed by atoms with Gasteiger partial charge < -0.3 is 5.32 Å². The second-order valence-corrected chi connectivity index (χ2v) is 7.85. The Morgan fingerprint density at radius 3 is 2.48 bits per heavy atom. The third kappa shape index (κ3) is 3.41. The fourth-order valence-electron chi connectivity index (χ4n) is 2.34. The fraction of sp³-hybridized carbons (Fsp3) is 0.571. The number of sulfonamides is 1. The average Bonchev–Trinajstić information content (AvgIpc) is 3.00. The van der Waals surface area contributed by atoms with E-state index in [1.807, 2.05) is 0 Å². The molecule has 0 heterocycles. The highest BCUT2D eigenvalue weighted by Crippen LogP contribution is 2.51. The van der Waals surface area contributed by atoms with Gasteiger partial charge in [-0.25, -0.2) is 21.9 Å². The van der Waals surface area contributed by atoms with Crippen LogP contribution in [0.5, 0.6) is 0 Å². The monoisotopic (exact) mass is 318 g/mol. The first-order valence-corrected chi connectivity index (χ1v) is 8.28. The predicted octanol–water partition coefficient (Wildman–Crippen LogP) is 2.01. The maximum atomic E-state index is 14.2. The number of nitrogens with one attached hydrogen (secondary N) is 2. The molecule has 0 bridgehead atoms. The minimum absolute atomic E-state index is 0.0727. The van der Waals surface area contributed by atoms with Crippen LogP contribution in [-0.4, -0.2) is 22.0 Å². The molecule has 0 spiro atoms. The van der Waals surface area contributed by atoms with Gasteiger partial charge in [0.2, 0.25) is 10.0 Å². The van der Waals surface area contributed by atoms with E-state index in [0.717, 1.165) is 18.6 Å². The van der Waals surface area contributed by atoms with Crippen molar-refractivity contribution in [2.24, 2.45) is 11.3 Å². The molecule has 4 nitrogen and oxygen atoms in total. The molecule has 1 aliphatic rings. The van der Waals surface area contributed by atoms with Crippen LogP contribution in [0.25, 0.3) is 0 Å². The van der Waals surface area contributed by atoms with Crippen LogP contribution in [0.3, 0.4) is 0 Å². The van der Waals surface area contributed by atoms with E-state index in [9.17, 15) is 17.2 Å². The van der Waals surface area contributed by atoms with E-state index in [1.165, 1.54) is 7.05 Å². The summed E-state index contributed by atoms with van der Waals surface area (Å²) in [6.45, 7) is 4.30. The van der Waals surface area contributed by atoms with E-state index in [4.69, 9.17) is 0 Å². The van der Waals surface area contributed by atoms with Gasteiger partial charge in [0.1, 0.15) is 10.7 Å². The molecule has 21 heavy (non-hydrogen) atoms. The number of hydrogen-bond acceptors (Lipinski definition) is 3. The lowest BCUT2D eigenvalue weighted by Crippen LogP contribution is -2.28.